The number of benzene rings is 1. The molecule has 0 spiro atoms. The van der Waals surface area contributed by atoms with E-state index in [-0.39, 0.29) is 6.04 Å². The monoisotopic (exact) mass is 467 g/mol. The molecule has 3 aromatic heterocycles. The SMILES string of the molecule is Clc1ccccc1CN(Cc1ccco1)[C@H](c1cccs1)c1nnnn1C1CCCCC1. The molecule has 1 aliphatic carbocycles. The summed E-state index contributed by atoms with van der Waals surface area (Å²) in [4.78, 5) is 3.56. The fourth-order valence-electron chi connectivity index (χ4n) is 4.57. The van der Waals surface area contributed by atoms with Crippen LogP contribution < -0.4 is 0 Å². The molecule has 4 aromatic rings. The molecule has 0 unspecified atom stereocenters. The van der Waals surface area contributed by atoms with Gasteiger partial charge in [-0.1, -0.05) is 55.1 Å². The summed E-state index contributed by atoms with van der Waals surface area (Å²) in [5.74, 6) is 1.79. The summed E-state index contributed by atoms with van der Waals surface area (Å²) in [6, 6.07) is 16.4. The molecule has 5 rings (SSSR count). The van der Waals surface area contributed by atoms with Crippen LogP contribution in [0.3, 0.4) is 0 Å². The van der Waals surface area contributed by atoms with Crippen LogP contribution in [-0.2, 0) is 13.1 Å². The van der Waals surface area contributed by atoms with Crippen molar-refractivity contribution < 1.29 is 4.42 Å². The number of hydrogen-bond donors (Lipinski definition) is 0. The summed E-state index contributed by atoms with van der Waals surface area (Å²) >= 11 is 8.29. The number of rotatable bonds is 8. The lowest BCUT2D eigenvalue weighted by molar-refractivity contribution is 0.176. The highest BCUT2D eigenvalue weighted by atomic mass is 35.5. The van der Waals surface area contributed by atoms with Crippen LogP contribution >= 0.6 is 22.9 Å². The summed E-state index contributed by atoms with van der Waals surface area (Å²) in [5, 5.41) is 16.0. The molecule has 1 aromatic carbocycles. The fourth-order valence-corrected chi connectivity index (χ4v) is 5.62. The van der Waals surface area contributed by atoms with Crippen molar-refractivity contribution >= 4 is 22.9 Å². The van der Waals surface area contributed by atoms with Gasteiger partial charge in [0.05, 0.1) is 18.8 Å². The predicted molar refractivity (Wildman–Crippen MR) is 126 cm³/mol. The van der Waals surface area contributed by atoms with Crippen LogP contribution in [0.1, 0.15) is 66.2 Å². The first-order valence-corrected chi connectivity index (χ1v) is 12.4. The maximum atomic E-state index is 6.56. The molecule has 1 fully saturated rings. The second-order valence-corrected chi connectivity index (χ2v) is 9.65. The van der Waals surface area contributed by atoms with E-state index in [1.807, 2.05) is 30.3 Å². The van der Waals surface area contributed by atoms with E-state index in [1.54, 1.807) is 17.6 Å². The van der Waals surface area contributed by atoms with E-state index >= 15 is 0 Å². The average molecular weight is 468 g/mol. The van der Waals surface area contributed by atoms with Crippen LogP contribution in [0.2, 0.25) is 5.02 Å². The molecule has 0 amide bonds. The molecule has 0 N–H and O–H groups in total. The lowest BCUT2D eigenvalue weighted by Crippen LogP contribution is -2.32. The van der Waals surface area contributed by atoms with Gasteiger partial charge in [0.2, 0.25) is 0 Å². The Kier molecular flexibility index (Phi) is 6.67. The van der Waals surface area contributed by atoms with Crippen molar-refractivity contribution in [1.29, 1.82) is 0 Å². The van der Waals surface area contributed by atoms with Gasteiger partial charge < -0.3 is 4.42 Å². The largest absolute Gasteiger partial charge is 0.468 e. The minimum absolute atomic E-state index is 0.103. The minimum atomic E-state index is -0.103. The Balaban J connectivity index is 1.56. The molecule has 8 heteroatoms. The summed E-state index contributed by atoms with van der Waals surface area (Å²) in [5.41, 5.74) is 1.07. The molecule has 32 heavy (non-hydrogen) atoms. The van der Waals surface area contributed by atoms with E-state index in [0.717, 1.165) is 35.0 Å². The lowest BCUT2D eigenvalue weighted by Gasteiger charge is -2.32. The molecule has 1 aliphatic rings. The number of nitrogens with zero attached hydrogens (tertiary/aromatic N) is 5. The van der Waals surface area contributed by atoms with Crippen molar-refractivity contribution in [1.82, 2.24) is 25.1 Å². The molecule has 1 atom stereocenters. The minimum Gasteiger partial charge on any atom is -0.468 e. The third-order valence-electron chi connectivity index (χ3n) is 6.13. The van der Waals surface area contributed by atoms with Crippen molar-refractivity contribution in [3.05, 3.63) is 87.2 Å². The first-order chi connectivity index (χ1) is 15.8. The Labute approximate surface area is 196 Å². The lowest BCUT2D eigenvalue weighted by atomic mass is 9.95. The Morgan fingerprint density at radius 2 is 1.94 bits per heavy atom. The molecule has 0 saturated heterocycles. The number of tetrazole rings is 1. The van der Waals surface area contributed by atoms with Gasteiger partial charge in [-0.25, -0.2) is 4.68 Å². The topological polar surface area (TPSA) is 60.0 Å². The predicted octanol–water partition coefficient (Wildman–Crippen LogP) is 6.28. The first kappa shape index (κ1) is 21.4. The number of aromatic nitrogens is 4. The van der Waals surface area contributed by atoms with Crippen LogP contribution in [0.25, 0.3) is 0 Å². The number of thiophene rings is 1. The second-order valence-electron chi connectivity index (χ2n) is 8.27. The quantitative estimate of drug-likeness (QED) is 0.305. The molecule has 1 saturated carbocycles. The maximum absolute atomic E-state index is 6.56. The second kappa shape index (κ2) is 9.98. The van der Waals surface area contributed by atoms with E-state index in [1.165, 1.54) is 24.1 Å². The van der Waals surface area contributed by atoms with Crippen LogP contribution in [-0.4, -0.2) is 25.1 Å². The highest BCUT2D eigenvalue weighted by molar-refractivity contribution is 7.10. The van der Waals surface area contributed by atoms with Crippen LogP contribution in [0, 0.1) is 0 Å². The van der Waals surface area contributed by atoms with Gasteiger partial charge in [0.15, 0.2) is 5.82 Å². The molecule has 3 heterocycles. The van der Waals surface area contributed by atoms with E-state index in [0.29, 0.717) is 19.1 Å². The fraction of sp³-hybridized carbons (Fsp3) is 0.375. The standard InChI is InChI=1S/C24H26ClN5OS/c25-21-12-5-4-8-18(21)16-29(17-20-11-6-14-31-20)23(22-13-7-15-32-22)24-26-27-28-30(24)19-9-2-1-3-10-19/h4-8,11-15,19,23H,1-3,9-10,16-17H2/t23-/m1/s1. The summed E-state index contributed by atoms with van der Waals surface area (Å²) < 4.78 is 7.81. The zero-order chi connectivity index (χ0) is 21.8. The first-order valence-electron chi connectivity index (χ1n) is 11.1. The summed E-state index contributed by atoms with van der Waals surface area (Å²) in [7, 11) is 0. The number of halogens is 1. The Morgan fingerprint density at radius 1 is 1.06 bits per heavy atom. The van der Waals surface area contributed by atoms with E-state index in [2.05, 4.69) is 48.7 Å². The van der Waals surface area contributed by atoms with E-state index in [4.69, 9.17) is 16.0 Å². The average Bonchev–Trinajstić information content (AvgIpc) is 3.60. The van der Waals surface area contributed by atoms with Crippen LogP contribution in [0.4, 0.5) is 0 Å². The molecule has 0 radical (unpaired) electrons. The van der Waals surface area contributed by atoms with Crippen LogP contribution in [0.15, 0.2) is 64.6 Å². The van der Waals surface area contributed by atoms with Gasteiger partial charge in [-0.05, 0) is 58.5 Å². The van der Waals surface area contributed by atoms with Crippen molar-refractivity contribution in [3.8, 4) is 0 Å². The summed E-state index contributed by atoms with van der Waals surface area (Å²) in [6.45, 7) is 1.28. The van der Waals surface area contributed by atoms with Crippen molar-refractivity contribution in [3.63, 3.8) is 0 Å². The maximum Gasteiger partial charge on any atom is 0.174 e. The number of hydrogen-bond acceptors (Lipinski definition) is 6. The third kappa shape index (κ3) is 4.65. The third-order valence-corrected chi connectivity index (χ3v) is 7.42. The van der Waals surface area contributed by atoms with Gasteiger partial charge in [0, 0.05) is 16.4 Å². The molecular formula is C24H26ClN5OS. The van der Waals surface area contributed by atoms with Crippen molar-refractivity contribution in [2.24, 2.45) is 0 Å². The molecule has 0 aliphatic heterocycles. The summed E-state index contributed by atoms with van der Waals surface area (Å²) in [6.07, 6.45) is 7.71. The highest BCUT2D eigenvalue weighted by Crippen LogP contribution is 2.37. The van der Waals surface area contributed by atoms with Crippen molar-refractivity contribution in [2.75, 3.05) is 0 Å². The smallest absolute Gasteiger partial charge is 0.174 e. The van der Waals surface area contributed by atoms with Gasteiger partial charge in [-0.15, -0.1) is 16.4 Å². The van der Waals surface area contributed by atoms with E-state index in [9.17, 15) is 0 Å². The van der Waals surface area contributed by atoms with Gasteiger partial charge in [0.1, 0.15) is 11.8 Å². The van der Waals surface area contributed by atoms with Gasteiger partial charge in [-0.2, -0.15) is 0 Å². The van der Waals surface area contributed by atoms with E-state index < -0.39 is 0 Å². The van der Waals surface area contributed by atoms with Crippen LogP contribution in [0.5, 0.6) is 0 Å². The molecule has 166 valence electrons. The normalized spacial score (nSPS) is 15.9. The van der Waals surface area contributed by atoms with Crippen molar-refractivity contribution in [2.45, 2.75) is 57.3 Å². The Morgan fingerprint density at radius 3 is 2.69 bits per heavy atom. The van der Waals surface area contributed by atoms with Gasteiger partial charge in [-0.3, -0.25) is 4.90 Å². The Bertz CT molecular complexity index is 1110. The molecule has 0 bridgehead atoms. The van der Waals surface area contributed by atoms with Gasteiger partial charge >= 0.3 is 0 Å². The molecule has 6 nitrogen and oxygen atoms in total. The number of furan rings is 1. The molecular weight excluding hydrogens is 442 g/mol. The highest BCUT2D eigenvalue weighted by Gasteiger charge is 2.32. The van der Waals surface area contributed by atoms with Gasteiger partial charge in [0.25, 0.3) is 0 Å². The zero-order valence-corrected chi connectivity index (χ0v) is 19.4. The zero-order valence-electron chi connectivity index (χ0n) is 17.8. The Hall–Kier alpha value is -2.48.